The van der Waals surface area contributed by atoms with Crippen LogP contribution in [0.15, 0.2) is 42.5 Å². The predicted octanol–water partition coefficient (Wildman–Crippen LogP) is 2.03. The van der Waals surface area contributed by atoms with Gasteiger partial charge in [-0.1, -0.05) is 5.57 Å². The molecule has 43 valence electrons. The summed E-state index contributed by atoms with van der Waals surface area (Å²) in [5.74, 6) is 0. The second-order valence-corrected chi connectivity index (χ2v) is 1.70. The molecule has 0 saturated heterocycles. The minimum atomic E-state index is 0. The molecule has 0 atom stereocenters. The van der Waals surface area contributed by atoms with Crippen molar-refractivity contribution in [2.75, 3.05) is 0 Å². The first-order valence-electron chi connectivity index (χ1n) is 2.40. The van der Waals surface area contributed by atoms with Gasteiger partial charge in [-0.2, -0.15) is 6.58 Å². The summed E-state index contributed by atoms with van der Waals surface area (Å²) in [6, 6.07) is 0. The van der Waals surface area contributed by atoms with Crippen LogP contribution in [0.4, 0.5) is 0 Å². The Morgan fingerprint density at radius 1 is 1.33 bits per heavy atom. The molecule has 9 heavy (non-hydrogen) atoms. The molecule has 0 nitrogen and oxygen atoms in total. The third-order valence-corrected chi connectivity index (χ3v) is 1.18. The van der Waals surface area contributed by atoms with Crippen LogP contribution in [0.2, 0.25) is 0 Å². The average molecular weight is 192 g/mol. The van der Waals surface area contributed by atoms with Crippen molar-refractivity contribution in [2.24, 2.45) is 0 Å². The molecule has 0 aromatic carbocycles. The van der Waals surface area contributed by atoms with Crippen molar-refractivity contribution in [3.8, 4) is 0 Å². The monoisotopic (exact) mass is 192 g/mol. The number of hydrogen-bond acceptors (Lipinski definition) is 0. The standard InChI is InChI=1S/C8H7.Y/c1-4-8-5-6(2)7(8)3;/h4H,1-3H2;/q-1;. The summed E-state index contributed by atoms with van der Waals surface area (Å²) in [6.07, 6.45) is 4.68. The third-order valence-electron chi connectivity index (χ3n) is 1.18. The zero-order valence-electron chi connectivity index (χ0n) is 5.28. The van der Waals surface area contributed by atoms with Crippen molar-refractivity contribution in [2.45, 2.75) is 0 Å². The minimum absolute atomic E-state index is 0. The number of rotatable bonds is 1. The summed E-state index contributed by atoms with van der Waals surface area (Å²) >= 11 is 0. The van der Waals surface area contributed by atoms with Crippen LogP contribution >= 0.6 is 0 Å². The van der Waals surface area contributed by atoms with Crippen LogP contribution < -0.4 is 0 Å². The Kier molecular flexibility index (Phi) is 3.31. The van der Waals surface area contributed by atoms with E-state index in [1.807, 2.05) is 0 Å². The Labute approximate surface area is 80.9 Å². The van der Waals surface area contributed by atoms with E-state index in [0.29, 0.717) is 0 Å². The molecule has 1 aliphatic rings. The van der Waals surface area contributed by atoms with E-state index < -0.39 is 0 Å². The van der Waals surface area contributed by atoms with Gasteiger partial charge in [0.2, 0.25) is 0 Å². The van der Waals surface area contributed by atoms with Crippen molar-refractivity contribution >= 4 is 0 Å². The molecule has 0 aromatic rings. The fourth-order valence-corrected chi connectivity index (χ4v) is 0.588. The number of hydrogen-bond donors (Lipinski definition) is 0. The molecule has 1 radical (unpaired) electrons. The molecule has 0 amide bonds. The van der Waals surface area contributed by atoms with Gasteiger partial charge in [-0.15, -0.1) is 36.5 Å². The quantitative estimate of drug-likeness (QED) is 0.557. The topological polar surface area (TPSA) is 0 Å². The van der Waals surface area contributed by atoms with Crippen molar-refractivity contribution < 1.29 is 32.7 Å². The first kappa shape index (κ1) is 9.06. The smallest absolute Gasteiger partial charge is 0 e. The molecule has 1 aliphatic carbocycles. The second-order valence-electron chi connectivity index (χ2n) is 1.70. The van der Waals surface area contributed by atoms with E-state index in [4.69, 9.17) is 0 Å². The van der Waals surface area contributed by atoms with E-state index in [1.165, 1.54) is 0 Å². The maximum Gasteiger partial charge on any atom is 0 e. The van der Waals surface area contributed by atoms with Gasteiger partial charge in [0.25, 0.3) is 0 Å². The maximum atomic E-state index is 3.72. The van der Waals surface area contributed by atoms with Crippen LogP contribution in [-0.2, 0) is 32.7 Å². The fraction of sp³-hybridized carbons (Fsp3) is 0. The molecule has 0 unspecified atom stereocenters. The van der Waals surface area contributed by atoms with Gasteiger partial charge in [0, 0.05) is 32.7 Å². The van der Waals surface area contributed by atoms with E-state index in [1.54, 1.807) is 6.08 Å². The molecule has 0 heterocycles. The predicted molar refractivity (Wildman–Crippen MR) is 35.2 cm³/mol. The van der Waals surface area contributed by atoms with Gasteiger partial charge < -0.3 is 0 Å². The zero-order chi connectivity index (χ0) is 6.15. The van der Waals surface area contributed by atoms with Crippen LogP contribution in [0.3, 0.4) is 0 Å². The molecule has 0 N–H and O–H groups in total. The zero-order valence-corrected chi connectivity index (χ0v) is 8.11. The van der Waals surface area contributed by atoms with Crippen molar-refractivity contribution in [1.29, 1.82) is 0 Å². The molecule has 0 spiro atoms. The Morgan fingerprint density at radius 2 is 1.89 bits per heavy atom. The summed E-state index contributed by atoms with van der Waals surface area (Å²) in [5.41, 5.74) is 2.87. The Hall–Kier alpha value is 0.0639. The molecular weight excluding hydrogens is 185 g/mol. The van der Waals surface area contributed by atoms with Gasteiger partial charge in [-0.3, -0.25) is 0 Å². The maximum absolute atomic E-state index is 3.72. The van der Waals surface area contributed by atoms with Crippen LogP contribution in [-0.4, -0.2) is 0 Å². The van der Waals surface area contributed by atoms with Crippen LogP contribution in [0.25, 0.3) is 0 Å². The van der Waals surface area contributed by atoms with Crippen LogP contribution in [0, 0.1) is 6.08 Å². The SMILES string of the molecule is C=CC1=[C-]C(=C)C1=C.[Y]. The minimum Gasteiger partial charge on any atom is -0.155 e. The van der Waals surface area contributed by atoms with Crippen LogP contribution in [0.1, 0.15) is 0 Å². The molecule has 1 rings (SSSR count). The summed E-state index contributed by atoms with van der Waals surface area (Å²) in [5, 5.41) is 0. The van der Waals surface area contributed by atoms with E-state index in [-0.39, 0.29) is 32.7 Å². The van der Waals surface area contributed by atoms with Crippen molar-refractivity contribution in [3.05, 3.63) is 48.6 Å². The van der Waals surface area contributed by atoms with Gasteiger partial charge in [0.1, 0.15) is 0 Å². The molecule has 1 heteroatoms. The Balaban J connectivity index is 0.000000640. The van der Waals surface area contributed by atoms with E-state index >= 15 is 0 Å². The first-order valence-corrected chi connectivity index (χ1v) is 2.40. The largest absolute Gasteiger partial charge is 0.155 e. The molecule has 0 fully saturated rings. The van der Waals surface area contributed by atoms with E-state index in [2.05, 4.69) is 25.8 Å². The van der Waals surface area contributed by atoms with Crippen LogP contribution in [0.5, 0.6) is 0 Å². The van der Waals surface area contributed by atoms with E-state index in [0.717, 1.165) is 16.7 Å². The summed E-state index contributed by atoms with van der Waals surface area (Å²) in [6.45, 7) is 10.9. The Morgan fingerprint density at radius 3 is 2.00 bits per heavy atom. The van der Waals surface area contributed by atoms with Gasteiger partial charge in [0.05, 0.1) is 0 Å². The summed E-state index contributed by atoms with van der Waals surface area (Å²) in [7, 11) is 0. The van der Waals surface area contributed by atoms with Crippen molar-refractivity contribution in [3.63, 3.8) is 0 Å². The van der Waals surface area contributed by atoms with Gasteiger partial charge in [-0.25, -0.2) is 0 Å². The first-order chi connectivity index (χ1) is 3.75. The van der Waals surface area contributed by atoms with Crippen molar-refractivity contribution in [1.82, 2.24) is 0 Å². The second kappa shape index (κ2) is 3.29. The normalized spacial score (nSPS) is 15.3. The average Bonchev–Trinajstić information content (AvgIpc) is 1.81. The molecule has 0 bridgehead atoms. The van der Waals surface area contributed by atoms with Gasteiger partial charge in [-0.05, 0) is 0 Å². The molecular formula is C8H7Y-. The Bertz CT molecular complexity index is 197. The van der Waals surface area contributed by atoms with Gasteiger partial charge in [0.15, 0.2) is 0 Å². The summed E-state index contributed by atoms with van der Waals surface area (Å²) in [4.78, 5) is 0. The molecule has 0 aliphatic heterocycles. The summed E-state index contributed by atoms with van der Waals surface area (Å²) < 4.78 is 0. The third kappa shape index (κ3) is 1.50. The van der Waals surface area contributed by atoms with E-state index in [9.17, 15) is 0 Å². The van der Waals surface area contributed by atoms with Gasteiger partial charge >= 0.3 is 0 Å². The fourth-order valence-electron chi connectivity index (χ4n) is 0.588. The number of allylic oxidation sites excluding steroid dienone is 5. The molecule has 0 saturated carbocycles. The molecule has 0 aromatic heterocycles.